The van der Waals surface area contributed by atoms with Crippen molar-refractivity contribution in [3.63, 3.8) is 0 Å². The van der Waals surface area contributed by atoms with Crippen molar-refractivity contribution in [2.75, 3.05) is 11.9 Å². The van der Waals surface area contributed by atoms with Gasteiger partial charge in [-0.25, -0.2) is 0 Å². The number of rotatable bonds is 6. The summed E-state index contributed by atoms with van der Waals surface area (Å²) < 4.78 is 0. The first-order chi connectivity index (χ1) is 10.1. The van der Waals surface area contributed by atoms with E-state index >= 15 is 0 Å². The summed E-state index contributed by atoms with van der Waals surface area (Å²) >= 11 is 1.57. The summed E-state index contributed by atoms with van der Waals surface area (Å²) in [6.07, 6.45) is 0. The normalized spacial score (nSPS) is 10.3. The molecule has 2 aromatic rings. The molecule has 0 aliphatic rings. The van der Waals surface area contributed by atoms with Crippen molar-refractivity contribution in [2.45, 2.75) is 17.6 Å². The minimum Gasteiger partial charge on any atom is -0.508 e. The number of hydrogen-bond donors (Lipinski definition) is 2. The Hall–Kier alpha value is -2.21. The van der Waals surface area contributed by atoms with Crippen LogP contribution in [-0.4, -0.2) is 16.6 Å². The second-order valence-electron chi connectivity index (χ2n) is 4.38. The van der Waals surface area contributed by atoms with E-state index in [1.807, 2.05) is 25.1 Å². The number of phenols is 1. The number of benzene rings is 2. The molecule has 0 aromatic heterocycles. The van der Waals surface area contributed by atoms with E-state index < -0.39 is 0 Å². The molecule has 2 N–H and O–H groups in total. The SMILES string of the molecule is CCNc1c(CSc2ccc(O)cc2)cccc1[N+](=O)[O-]. The first kappa shape index (κ1) is 15.2. The fourth-order valence-corrected chi connectivity index (χ4v) is 2.83. The molecule has 0 bridgehead atoms. The van der Waals surface area contributed by atoms with Gasteiger partial charge < -0.3 is 10.4 Å². The van der Waals surface area contributed by atoms with Crippen molar-refractivity contribution < 1.29 is 10.0 Å². The zero-order chi connectivity index (χ0) is 15.2. The Bertz CT molecular complexity index is 629. The molecule has 0 aliphatic heterocycles. The van der Waals surface area contributed by atoms with Crippen LogP contribution in [0.3, 0.4) is 0 Å². The van der Waals surface area contributed by atoms with E-state index in [9.17, 15) is 15.2 Å². The van der Waals surface area contributed by atoms with Crippen LogP contribution in [0.2, 0.25) is 0 Å². The lowest BCUT2D eigenvalue weighted by molar-refractivity contribution is -0.384. The highest BCUT2D eigenvalue weighted by atomic mass is 32.2. The average Bonchev–Trinajstić information content (AvgIpc) is 2.47. The van der Waals surface area contributed by atoms with E-state index in [1.54, 1.807) is 30.0 Å². The van der Waals surface area contributed by atoms with Crippen molar-refractivity contribution >= 4 is 23.1 Å². The number of anilines is 1. The Morgan fingerprint density at radius 3 is 2.57 bits per heavy atom. The molecule has 0 saturated carbocycles. The average molecular weight is 304 g/mol. The lowest BCUT2D eigenvalue weighted by Gasteiger charge is -2.11. The van der Waals surface area contributed by atoms with Crippen molar-refractivity contribution in [2.24, 2.45) is 0 Å². The number of aromatic hydroxyl groups is 1. The Balaban J connectivity index is 2.20. The minimum absolute atomic E-state index is 0.0978. The first-order valence-corrected chi connectivity index (χ1v) is 7.52. The lowest BCUT2D eigenvalue weighted by Crippen LogP contribution is -2.04. The third-order valence-corrected chi connectivity index (χ3v) is 3.97. The maximum atomic E-state index is 11.1. The van der Waals surface area contributed by atoms with Gasteiger partial charge in [0, 0.05) is 23.3 Å². The fraction of sp³-hybridized carbons (Fsp3) is 0.200. The highest BCUT2D eigenvalue weighted by molar-refractivity contribution is 7.98. The van der Waals surface area contributed by atoms with Crippen LogP contribution in [0.15, 0.2) is 47.4 Å². The van der Waals surface area contributed by atoms with Crippen LogP contribution in [0.5, 0.6) is 5.75 Å². The molecule has 21 heavy (non-hydrogen) atoms. The number of nitro groups is 1. The molecule has 6 heteroatoms. The van der Waals surface area contributed by atoms with Gasteiger partial charge in [-0.2, -0.15) is 0 Å². The lowest BCUT2D eigenvalue weighted by atomic mass is 10.1. The smallest absolute Gasteiger partial charge is 0.292 e. The van der Waals surface area contributed by atoms with E-state index in [4.69, 9.17) is 0 Å². The third-order valence-electron chi connectivity index (χ3n) is 2.91. The molecule has 0 spiro atoms. The van der Waals surface area contributed by atoms with Gasteiger partial charge in [-0.3, -0.25) is 10.1 Å². The van der Waals surface area contributed by atoms with Crippen molar-refractivity contribution in [3.8, 4) is 5.75 Å². The quantitative estimate of drug-likeness (QED) is 0.479. The van der Waals surface area contributed by atoms with Crippen molar-refractivity contribution in [3.05, 3.63) is 58.1 Å². The Morgan fingerprint density at radius 1 is 1.24 bits per heavy atom. The topological polar surface area (TPSA) is 75.4 Å². The summed E-state index contributed by atoms with van der Waals surface area (Å²) in [6.45, 7) is 2.54. The first-order valence-electron chi connectivity index (χ1n) is 6.53. The van der Waals surface area contributed by atoms with E-state index in [2.05, 4.69) is 5.32 Å². The van der Waals surface area contributed by atoms with E-state index in [-0.39, 0.29) is 16.4 Å². The predicted octanol–water partition coefficient (Wildman–Crippen LogP) is 4.02. The number of nitrogens with zero attached hydrogens (tertiary/aromatic N) is 1. The van der Waals surface area contributed by atoms with Gasteiger partial charge in [0.05, 0.1) is 4.92 Å². The van der Waals surface area contributed by atoms with Gasteiger partial charge >= 0.3 is 0 Å². The zero-order valence-electron chi connectivity index (χ0n) is 11.6. The standard InChI is InChI=1S/C15H16N2O3S/c1-2-16-15-11(4-3-5-14(15)17(19)20)10-21-13-8-6-12(18)7-9-13/h3-9,16,18H,2,10H2,1H3. The van der Waals surface area contributed by atoms with Gasteiger partial charge in [-0.1, -0.05) is 12.1 Å². The molecule has 0 radical (unpaired) electrons. The molecule has 110 valence electrons. The van der Waals surface area contributed by atoms with Crippen LogP contribution < -0.4 is 5.32 Å². The maximum Gasteiger partial charge on any atom is 0.292 e. The molecule has 2 rings (SSSR count). The Kier molecular flexibility index (Phi) is 5.05. The summed E-state index contributed by atoms with van der Waals surface area (Å²) in [5, 5.41) is 23.4. The van der Waals surface area contributed by atoms with Crippen LogP contribution >= 0.6 is 11.8 Å². The van der Waals surface area contributed by atoms with Gasteiger partial charge in [0.2, 0.25) is 0 Å². The Morgan fingerprint density at radius 2 is 1.95 bits per heavy atom. The zero-order valence-corrected chi connectivity index (χ0v) is 12.4. The molecule has 5 nitrogen and oxygen atoms in total. The number of para-hydroxylation sites is 1. The Labute approximate surface area is 127 Å². The number of thioether (sulfide) groups is 1. The van der Waals surface area contributed by atoms with E-state index in [1.165, 1.54) is 6.07 Å². The van der Waals surface area contributed by atoms with Crippen LogP contribution in [0.1, 0.15) is 12.5 Å². The molecule has 0 aliphatic carbocycles. The van der Waals surface area contributed by atoms with Gasteiger partial charge in [0.1, 0.15) is 11.4 Å². The number of hydrogen-bond acceptors (Lipinski definition) is 5. The highest BCUT2D eigenvalue weighted by Gasteiger charge is 2.16. The van der Waals surface area contributed by atoms with Crippen molar-refractivity contribution in [1.82, 2.24) is 0 Å². The van der Waals surface area contributed by atoms with E-state index in [0.717, 1.165) is 10.5 Å². The molecule has 0 saturated heterocycles. The van der Waals surface area contributed by atoms with Crippen molar-refractivity contribution in [1.29, 1.82) is 0 Å². The number of nitro benzene ring substituents is 1. The molecular weight excluding hydrogens is 288 g/mol. The van der Waals surface area contributed by atoms with Crippen LogP contribution in [0.4, 0.5) is 11.4 Å². The summed E-state index contributed by atoms with van der Waals surface area (Å²) in [5.74, 6) is 0.845. The molecular formula is C15H16N2O3S. The molecule has 0 heterocycles. The van der Waals surface area contributed by atoms with E-state index in [0.29, 0.717) is 18.0 Å². The summed E-state index contributed by atoms with van der Waals surface area (Å²) in [7, 11) is 0. The van der Waals surface area contributed by atoms with Crippen LogP contribution in [-0.2, 0) is 5.75 Å². The molecule has 0 amide bonds. The van der Waals surface area contributed by atoms with Gasteiger partial charge in [0.25, 0.3) is 5.69 Å². The summed E-state index contributed by atoms with van der Waals surface area (Å²) in [4.78, 5) is 11.7. The maximum absolute atomic E-state index is 11.1. The number of nitrogens with one attached hydrogen (secondary N) is 1. The second-order valence-corrected chi connectivity index (χ2v) is 5.43. The van der Waals surface area contributed by atoms with Gasteiger partial charge in [-0.05, 0) is 36.8 Å². The molecule has 0 atom stereocenters. The third kappa shape index (κ3) is 3.88. The summed E-state index contributed by atoms with van der Waals surface area (Å²) in [6, 6.07) is 12.0. The fourth-order valence-electron chi connectivity index (χ4n) is 1.94. The number of phenolic OH excluding ortho intramolecular Hbond substituents is 1. The molecule has 2 aromatic carbocycles. The predicted molar refractivity (Wildman–Crippen MR) is 84.9 cm³/mol. The largest absolute Gasteiger partial charge is 0.508 e. The van der Waals surface area contributed by atoms with Crippen LogP contribution in [0, 0.1) is 10.1 Å². The van der Waals surface area contributed by atoms with Crippen LogP contribution in [0.25, 0.3) is 0 Å². The highest BCUT2D eigenvalue weighted by Crippen LogP contribution is 2.33. The summed E-state index contributed by atoms with van der Waals surface area (Å²) in [5.41, 5.74) is 1.57. The van der Waals surface area contributed by atoms with Gasteiger partial charge in [-0.15, -0.1) is 11.8 Å². The monoisotopic (exact) mass is 304 g/mol. The minimum atomic E-state index is -0.368. The second kappa shape index (κ2) is 6.99. The molecule has 0 fully saturated rings. The molecule has 0 unspecified atom stereocenters. The van der Waals surface area contributed by atoms with Gasteiger partial charge in [0.15, 0.2) is 0 Å².